The molecule has 0 bridgehead atoms. The molecule has 0 atom stereocenters. The highest BCUT2D eigenvalue weighted by Gasteiger charge is 2.30. The van der Waals surface area contributed by atoms with Crippen LogP contribution in [0.5, 0.6) is 0 Å². The Morgan fingerprint density at radius 1 is 1.03 bits per heavy atom. The summed E-state index contributed by atoms with van der Waals surface area (Å²) in [5.41, 5.74) is 1.60. The lowest BCUT2D eigenvalue weighted by atomic mass is 10.2. The van der Waals surface area contributed by atoms with Gasteiger partial charge in [0.05, 0.1) is 11.3 Å². The van der Waals surface area contributed by atoms with E-state index >= 15 is 0 Å². The van der Waals surface area contributed by atoms with Gasteiger partial charge in [-0.25, -0.2) is 9.97 Å². The van der Waals surface area contributed by atoms with Crippen LogP contribution >= 0.6 is 11.8 Å². The molecule has 10 heteroatoms. The maximum atomic E-state index is 12.5. The van der Waals surface area contributed by atoms with E-state index in [2.05, 4.69) is 20.6 Å². The monoisotopic (exact) mass is 471 g/mol. The number of rotatable bonds is 8. The van der Waals surface area contributed by atoms with Crippen LogP contribution in [0.2, 0.25) is 0 Å². The molecular weight excluding hydrogens is 451 g/mol. The van der Waals surface area contributed by atoms with Gasteiger partial charge in [-0.3, -0.25) is 4.79 Å². The van der Waals surface area contributed by atoms with Gasteiger partial charge in [-0.2, -0.15) is 13.2 Å². The van der Waals surface area contributed by atoms with Crippen LogP contribution in [0.1, 0.15) is 21.6 Å². The van der Waals surface area contributed by atoms with E-state index in [9.17, 15) is 18.0 Å². The summed E-state index contributed by atoms with van der Waals surface area (Å²) in [6.45, 7) is 0.628. The van der Waals surface area contributed by atoms with Crippen molar-refractivity contribution in [3.63, 3.8) is 0 Å². The molecule has 0 radical (unpaired) electrons. The first-order valence-corrected chi connectivity index (χ1v) is 11.1. The van der Waals surface area contributed by atoms with Gasteiger partial charge in [-0.05, 0) is 48.5 Å². The van der Waals surface area contributed by atoms with Crippen molar-refractivity contribution in [2.45, 2.75) is 16.8 Å². The highest BCUT2D eigenvalue weighted by atomic mass is 32.2. The molecule has 170 valence electrons. The Kier molecular flexibility index (Phi) is 6.83. The molecule has 0 unspecified atom stereocenters. The van der Waals surface area contributed by atoms with Gasteiger partial charge in [0.2, 0.25) is 0 Å². The zero-order chi connectivity index (χ0) is 23.3. The minimum atomic E-state index is -4.42. The lowest BCUT2D eigenvalue weighted by Gasteiger charge is -2.09. The standard InChI is InChI=1S/C23H20F3N5OS/c24-23(25,26)17-6-9-20(29-13-17)27-10-11-28-22(32)16-4-7-19(8-5-16)33-15-18-14-31-12-2-1-3-21(31)30-18/h1-9,12-14H,10-11,15H2,(H,27,29)(H,28,32). The van der Waals surface area contributed by atoms with E-state index in [0.717, 1.165) is 34.3 Å². The Bertz CT molecular complexity index is 1190. The summed E-state index contributed by atoms with van der Waals surface area (Å²) in [4.78, 5) is 21.6. The molecule has 1 amide bonds. The Morgan fingerprint density at radius 2 is 1.85 bits per heavy atom. The first kappa shape index (κ1) is 22.7. The van der Waals surface area contributed by atoms with E-state index in [1.165, 1.54) is 6.07 Å². The summed E-state index contributed by atoms with van der Waals surface area (Å²) in [6.07, 6.45) is 0.314. The number of nitrogens with one attached hydrogen (secondary N) is 2. The molecule has 0 aliphatic heterocycles. The number of imidazole rings is 1. The Morgan fingerprint density at radius 3 is 2.55 bits per heavy atom. The van der Waals surface area contributed by atoms with E-state index in [4.69, 9.17) is 0 Å². The van der Waals surface area contributed by atoms with Gasteiger partial charge in [0.25, 0.3) is 5.91 Å². The smallest absolute Gasteiger partial charge is 0.368 e. The van der Waals surface area contributed by atoms with Crippen LogP contribution in [0, 0.1) is 0 Å². The van der Waals surface area contributed by atoms with E-state index in [1.807, 2.05) is 47.1 Å². The molecule has 0 aliphatic rings. The number of anilines is 1. The van der Waals surface area contributed by atoms with Gasteiger partial charge in [-0.1, -0.05) is 6.07 Å². The average molecular weight is 472 g/mol. The summed E-state index contributed by atoms with van der Waals surface area (Å²) in [6, 6.07) is 15.4. The number of carbonyl (C=O) groups is 1. The van der Waals surface area contributed by atoms with Gasteiger partial charge in [0, 0.05) is 47.9 Å². The number of nitrogens with zero attached hydrogens (tertiary/aromatic N) is 3. The molecule has 4 rings (SSSR count). The number of thioether (sulfide) groups is 1. The van der Waals surface area contributed by atoms with E-state index < -0.39 is 11.7 Å². The van der Waals surface area contributed by atoms with Crippen LogP contribution in [0.25, 0.3) is 5.65 Å². The third-order valence-corrected chi connectivity index (χ3v) is 5.77. The molecule has 33 heavy (non-hydrogen) atoms. The van der Waals surface area contributed by atoms with Gasteiger partial charge >= 0.3 is 6.18 Å². The number of hydrogen-bond donors (Lipinski definition) is 2. The van der Waals surface area contributed by atoms with Crippen LogP contribution in [0.4, 0.5) is 19.0 Å². The zero-order valence-electron chi connectivity index (χ0n) is 17.3. The molecule has 3 aromatic heterocycles. The molecule has 1 aromatic carbocycles. The quantitative estimate of drug-likeness (QED) is 0.283. The highest BCUT2D eigenvalue weighted by molar-refractivity contribution is 7.98. The van der Waals surface area contributed by atoms with Crippen LogP contribution in [0.3, 0.4) is 0 Å². The van der Waals surface area contributed by atoms with Crippen molar-refractivity contribution in [3.8, 4) is 0 Å². The van der Waals surface area contributed by atoms with E-state index in [1.54, 1.807) is 23.9 Å². The number of amides is 1. The van der Waals surface area contributed by atoms with Crippen LogP contribution in [-0.2, 0) is 11.9 Å². The molecule has 0 saturated carbocycles. The minimum Gasteiger partial charge on any atom is -0.368 e. The summed E-state index contributed by atoms with van der Waals surface area (Å²) in [5.74, 6) is 0.801. The largest absolute Gasteiger partial charge is 0.417 e. The topological polar surface area (TPSA) is 71.3 Å². The van der Waals surface area contributed by atoms with Gasteiger partial charge in [0.15, 0.2) is 0 Å². The summed E-state index contributed by atoms with van der Waals surface area (Å²) < 4.78 is 39.6. The van der Waals surface area contributed by atoms with Crippen molar-refractivity contribution in [2.75, 3.05) is 18.4 Å². The summed E-state index contributed by atoms with van der Waals surface area (Å²) in [7, 11) is 0. The molecule has 0 saturated heterocycles. The van der Waals surface area contributed by atoms with Gasteiger partial charge < -0.3 is 15.0 Å². The third kappa shape index (κ3) is 6.04. The zero-order valence-corrected chi connectivity index (χ0v) is 18.2. The number of halogens is 3. The number of carbonyl (C=O) groups excluding carboxylic acids is 1. The van der Waals surface area contributed by atoms with Crippen molar-refractivity contribution in [1.82, 2.24) is 19.7 Å². The Hall–Kier alpha value is -3.53. The highest BCUT2D eigenvalue weighted by Crippen LogP contribution is 2.28. The second-order valence-electron chi connectivity index (χ2n) is 7.12. The molecular formula is C23H20F3N5OS. The number of aromatic nitrogens is 3. The summed E-state index contributed by atoms with van der Waals surface area (Å²) >= 11 is 1.64. The Balaban J connectivity index is 1.21. The molecule has 0 spiro atoms. The Labute approximate surface area is 192 Å². The van der Waals surface area contributed by atoms with E-state index in [-0.39, 0.29) is 5.91 Å². The van der Waals surface area contributed by atoms with Crippen LogP contribution < -0.4 is 10.6 Å². The molecule has 0 aliphatic carbocycles. The fourth-order valence-electron chi connectivity index (χ4n) is 3.05. The SMILES string of the molecule is O=C(NCCNc1ccc(C(F)(F)F)cn1)c1ccc(SCc2cn3ccccc3n2)cc1. The first-order valence-electron chi connectivity index (χ1n) is 10.1. The van der Waals surface area contributed by atoms with Crippen molar-refractivity contribution < 1.29 is 18.0 Å². The second-order valence-corrected chi connectivity index (χ2v) is 8.17. The van der Waals surface area contributed by atoms with Gasteiger partial charge in [0.1, 0.15) is 11.5 Å². The van der Waals surface area contributed by atoms with Gasteiger partial charge in [-0.15, -0.1) is 11.8 Å². The number of fused-ring (bicyclic) bond motifs is 1. The number of benzene rings is 1. The van der Waals surface area contributed by atoms with Crippen molar-refractivity contribution in [1.29, 1.82) is 0 Å². The lowest BCUT2D eigenvalue weighted by molar-refractivity contribution is -0.137. The predicted molar refractivity (Wildman–Crippen MR) is 121 cm³/mol. The lowest BCUT2D eigenvalue weighted by Crippen LogP contribution is -2.28. The predicted octanol–water partition coefficient (Wildman–Crippen LogP) is 4.88. The molecule has 6 nitrogen and oxygen atoms in total. The number of pyridine rings is 2. The number of hydrogen-bond acceptors (Lipinski definition) is 5. The minimum absolute atomic E-state index is 0.228. The first-order chi connectivity index (χ1) is 15.9. The fraction of sp³-hybridized carbons (Fsp3) is 0.174. The molecule has 0 fully saturated rings. The molecule has 3 heterocycles. The van der Waals surface area contributed by atoms with Crippen LogP contribution in [-0.4, -0.2) is 33.4 Å². The van der Waals surface area contributed by atoms with E-state index in [0.29, 0.717) is 24.5 Å². The average Bonchev–Trinajstić information content (AvgIpc) is 3.23. The van der Waals surface area contributed by atoms with Crippen molar-refractivity contribution >= 4 is 29.1 Å². The van der Waals surface area contributed by atoms with Crippen LogP contribution in [0.15, 0.2) is 78.1 Å². The fourth-order valence-corrected chi connectivity index (χ4v) is 3.83. The maximum Gasteiger partial charge on any atom is 0.417 e. The maximum absolute atomic E-state index is 12.5. The normalized spacial score (nSPS) is 11.5. The second kappa shape index (κ2) is 9.95. The molecule has 2 N–H and O–H groups in total. The van der Waals surface area contributed by atoms with Crippen molar-refractivity contribution in [3.05, 3.63) is 90.0 Å². The number of alkyl halides is 3. The third-order valence-electron chi connectivity index (χ3n) is 4.72. The molecule has 4 aromatic rings. The van der Waals surface area contributed by atoms with Crippen molar-refractivity contribution in [2.24, 2.45) is 0 Å². The summed E-state index contributed by atoms with van der Waals surface area (Å²) in [5, 5.41) is 5.65.